The number of rotatable bonds is 2. The van der Waals surface area contributed by atoms with Gasteiger partial charge in [-0.1, -0.05) is 35.9 Å². The number of pyridine rings is 1. The van der Waals surface area contributed by atoms with Crippen molar-refractivity contribution in [3.8, 4) is 0 Å². The molecule has 5 rings (SSSR count). The van der Waals surface area contributed by atoms with Crippen molar-refractivity contribution in [1.82, 2.24) is 18.9 Å². The van der Waals surface area contributed by atoms with Crippen molar-refractivity contribution < 1.29 is 0 Å². The third-order valence-corrected chi connectivity index (χ3v) is 4.79. The zero-order chi connectivity index (χ0) is 17.7. The minimum atomic E-state index is -0.270. The average Bonchev–Trinajstić information content (AvgIpc) is 2.98. The Kier molecular flexibility index (Phi) is 3.30. The van der Waals surface area contributed by atoms with Crippen LogP contribution in [0.5, 0.6) is 0 Å². The lowest BCUT2D eigenvalue weighted by molar-refractivity contribution is 0.837. The Bertz CT molecular complexity index is 1340. The minimum absolute atomic E-state index is 0.270. The molecule has 0 amide bonds. The number of hydrogen-bond acceptors (Lipinski definition) is 3. The van der Waals surface area contributed by atoms with E-state index in [-0.39, 0.29) is 5.56 Å². The highest BCUT2D eigenvalue weighted by molar-refractivity contribution is 6.30. The van der Waals surface area contributed by atoms with E-state index in [0.717, 1.165) is 16.6 Å². The fourth-order valence-electron chi connectivity index (χ4n) is 3.36. The fourth-order valence-corrected chi connectivity index (χ4v) is 3.48. The van der Waals surface area contributed by atoms with Gasteiger partial charge in [-0.3, -0.25) is 9.20 Å². The van der Waals surface area contributed by atoms with Crippen LogP contribution in [-0.2, 0) is 6.54 Å². The van der Waals surface area contributed by atoms with Crippen molar-refractivity contribution in [1.29, 1.82) is 0 Å². The quantitative estimate of drug-likeness (QED) is 0.479. The van der Waals surface area contributed by atoms with E-state index in [1.807, 2.05) is 57.5 Å². The molecular weight excluding hydrogens is 348 g/mol. The van der Waals surface area contributed by atoms with Crippen LogP contribution in [0.15, 0.2) is 71.7 Å². The Hall–Kier alpha value is -3.18. The summed E-state index contributed by atoms with van der Waals surface area (Å²) in [5, 5.41) is 1.21. The summed E-state index contributed by atoms with van der Waals surface area (Å²) in [4.78, 5) is 21.3. The molecule has 5 aromatic rings. The van der Waals surface area contributed by atoms with Crippen molar-refractivity contribution in [3.05, 3.63) is 87.8 Å². The number of para-hydroxylation sites is 2. The molecule has 26 heavy (non-hydrogen) atoms. The lowest BCUT2D eigenvalue weighted by atomic mass is 10.2. The summed E-state index contributed by atoms with van der Waals surface area (Å²) >= 11 is 6.00. The molecule has 0 unspecified atom stereocenters. The second kappa shape index (κ2) is 5.68. The van der Waals surface area contributed by atoms with E-state index < -0.39 is 0 Å². The van der Waals surface area contributed by atoms with E-state index in [4.69, 9.17) is 11.6 Å². The van der Waals surface area contributed by atoms with Crippen LogP contribution in [-0.4, -0.2) is 18.9 Å². The molecule has 0 bridgehead atoms. The Morgan fingerprint density at radius 3 is 2.50 bits per heavy atom. The zero-order valence-electron chi connectivity index (χ0n) is 13.6. The second-order valence-electron chi connectivity index (χ2n) is 6.13. The molecule has 126 valence electrons. The number of halogens is 1. The van der Waals surface area contributed by atoms with Gasteiger partial charge in [0.1, 0.15) is 0 Å². The molecule has 0 spiro atoms. The number of benzene rings is 2. The SMILES string of the molecule is O=c1nc2n(Cc3ccc(Cl)cc3)c3ccccc3n2c2ncccc12. The molecule has 0 saturated carbocycles. The standard InChI is InChI=1S/C20H13ClN4O/c21-14-9-7-13(8-10-14)12-24-16-5-1-2-6-17(16)25-18-15(4-3-11-22-18)19(26)23-20(24)25/h1-11H,12H2. The van der Waals surface area contributed by atoms with Gasteiger partial charge < -0.3 is 4.57 Å². The Balaban J connectivity index is 1.89. The molecule has 3 aromatic heterocycles. The monoisotopic (exact) mass is 360 g/mol. The molecule has 0 aliphatic rings. The minimum Gasteiger partial charge on any atom is -0.305 e. The smallest absolute Gasteiger partial charge is 0.284 e. The number of hydrogen-bond donors (Lipinski definition) is 0. The zero-order valence-corrected chi connectivity index (χ0v) is 14.4. The largest absolute Gasteiger partial charge is 0.305 e. The van der Waals surface area contributed by atoms with Crippen LogP contribution in [0, 0.1) is 0 Å². The third-order valence-electron chi connectivity index (χ3n) is 4.54. The van der Waals surface area contributed by atoms with Crippen molar-refractivity contribution in [2.45, 2.75) is 6.54 Å². The molecule has 0 atom stereocenters. The topological polar surface area (TPSA) is 52.2 Å². The molecule has 6 heteroatoms. The molecule has 0 saturated heterocycles. The summed E-state index contributed by atoms with van der Waals surface area (Å²) < 4.78 is 3.98. The normalized spacial score (nSPS) is 11.6. The van der Waals surface area contributed by atoms with Crippen LogP contribution in [0.25, 0.3) is 27.8 Å². The summed E-state index contributed by atoms with van der Waals surface area (Å²) in [6.45, 7) is 0.582. The highest BCUT2D eigenvalue weighted by Crippen LogP contribution is 2.23. The number of aromatic nitrogens is 4. The lowest BCUT2D eigenvalue weighted by Crippen LogP contribution is -2.13. The molecule has 2 aromatic carbocycles. The van der Waals surface area contributed by atoms with Crippen LogP contribution in [0.1, 0.15) is 5.56 Å². The number of imidazole rings is 1. The van der Waals surface area contributed by atoms with E-state index in [2.05, 4.69) is 9.97 Å². The van der Waals surface area contributed by atoms with Crippen molar-refractivity contribution in [3.63, 3.8) is 0 Å². The highest BCUT2D eigenvalue weighted by atomic mass is 35.5. The molecule has 0 N–H and O–H groups in total. The van der Waals surface area contributed by atoms with Gasteiger partial charge in [0.15, 0.2) is 5.65 Å². The molecule has 0 radical (unpaired) electrons. The average molecular weight is 361 g/mol. The van der Waals surface area contributed by atoms with E-state index in [0.29, 0.717) is 28.4 Å². The molecule has 0 aliphatic heterocycles. The van der Waals surface area contributed by atoms with Crippen LogP contribution in [0.4, 0.5) is 0 Å². The van der Waals surface area contributed by atoms with Crippen LogP contribution in [0.3, 0.4) is 0 Å². The first-order chi connectivity index (χ1) is 12.7. The Labute approximate surface area is 153 Å². The maximum Gasteiger partial charge on any atom is 0.284 e. The van der Waals surface area contributed by atoms with Crippen LogP contribution < -0.4 is 5.56 Å². The van der Waals surface area contributed by atoms with Gasteiger partial charge in [0.25, 0.3) is 5.56 Å². The van der Waals surface area contributed by atoms with Crippen molar-refractivity contribution in [2.24, 2.45) is 0 Å². The van der Waals surface area contributed by atoms with E-state index >= 15 is 0 Å². The fraction of sp³-hybridized carbons (Fsp3) is 0.0500. The lowest BCUT2D eigenvalue weighted by Gasteiger charge is -2.06. The Morgan fingerprint density at radius 1 is 0.923 bits per heavy atom. The maximum absolute atomic E-state index is 12.5. The summed E-state index contributed by atoms with van der Waals surface area (Å²) in [7, 11) is 0. The first kappa shape index (κ1) is 15.1. The van der Waals surface area contributed by atoms with Crippen molar-refractivity contribution in [2.75, 3.05) is 0 Å². The molecular formula is C20H13ClN4O. The van der Waals surface area contributed by atoms with Gasteiger partial charge >= 0.3 is 0 Å². The first-order valence-electron chi connectivity index (χ1n) is 8.21. The number of fused-ring (bicyclic) bond motifs is 5. The van der Waals surface area contributed by atoms with E-state index in [9.17, 15) is 4.79 Å². The highest BCUT2D eigenvalue weighted by Gasteiger charge is 2.16. The molecule has 0 aliphatic carbocycles. The summed E-state index contributed by atoms with van der Waals surface area (Å²) in [6, 6.07) is 19.2. The second-order valence-corrected chi connectivity index (χ2v) is 6.56. The van der Waals surface area contributed by atoms with Crippen LogP contribution in [0.2, 0.25) is 5.02 Å². The predicted octanol–water partition coefficient (Wildman–Crippen LogP) is 3.90. The van der Waals surface area contributed by atoms with E-state index in [1.54, 1.807) is 18.3 Å². The van der Waals surface area contributed by atoms with Gasteiger partial charge in [-0.2, -0.15) is 4.98 Å². The van der Waals surface area contributed by atoms with Gasteiger partial charge in [0.2, 0.25) is 5.78 Å². The summed E-state index contributed by atoms with van der Waals surface area (Å²) in [5.41, 5.74) is 3.38. The summed E-state index contributed by atoms with van der Waals surface area (Å²) in [6.07, 6.45) is 1.69. The van der Waals surface area contributed by atoms with Gasteiger partial charge in [-0.25, -0.2) is 4.98 Å². The van der Waals surface area contributed by atoms with Gasteiger partial charge in [-0.05, 0) is 42.0 Å². The van der Waals surface area contributed by atoms with Gasteiger partial charge in [0, 0.05) is 11.2 Å². The molecule has 5 nitrogen and oxygen atoms in total. The first-order valence-corrected chi connectivity index (χ1v) is 8.59. The van der Waals surface area contributed by atoms with Crippen molar-refractivity contribution >= 4 is 39.4 Å². The molecule has 0 fully saturated rings. The van der Waals surface area contributed by atoms with Gasteiger partial charge in [-0.15, -0.1) is 0 Å². The number of nitrogens with zero attached hydrogens (tertiary/aromatic N) is 4. The third kappa shape index (κ3) is 2.21. The Morgan fingerprint density at radius 2 is 1.69 bits per heavy atom. The maximum atomic E-state index is 12.5. The molecule has 3 heterocycles. The predicted molar refractivity (Wildman–Crippen MR) is 103 cm³/mol. The summed E-state index contributed by atoms with van der Waals surface area (Å²) in [5.74, 6) is 0.581. The van der Waals surface area contributed by atoms with E-state index in [1.165, 1.54) is 0 Å². The van der Waals surface area contributed by atoms with Crippen LogP contribution >= 0.6 is 11.6 Å². The van der Waals surface area contributed by atoms with Gasteiger partial charge in [0.05, 0.1) is 23.0 Å².